The number of benzene rings is 1. The average molecular weight is 342 g/mol. The van der Waals surface area contributed by atoms with Crippen LogP contribution in [0.2, 0.25) is 0 Å². The van der Waals surface area contributed by atoms with Crippen LogP contribution in [0.1, 0.15) is 62.4 Å². The smallest absolute Gasteiger partial charge is 0.410 e. The lowest BCUT2D eigenvalue weighted by atomic mass is 9.96. The molecule has 2 fully saturated rings. The molecule has 25 heavy (non-hydrogen) atoms. The van der Waals surface area contributed by atoms with E-state index in [0.717, 1.165) is 36.8 Å². The molecule has 0 N–H and O–H groups in total. The van der Waals surface area contributed by atoms with Gasteiger partial charge in [0.15, 0.2) is 0 Å². The Bertz CT molecular complexity index is 695. The molecule has 0 spiro atoms. The van der Waals surface area contributed by atoms with E-state index < -0.39 is 5.60 Å². The summed E-state index contributed by atoms with van der Waals surface area (Å²) in [5.74, 6) is 0.144. The van der Waals surface area contributed by atoms with Gasteiger partial charge in [-0.1, -0.05) is 18.2 Å². The van der Waals surface area contributed by atoms with Gasteiger partial charge in [0, 0.05) is 30.2 Å². The minimum Gasteiger partial charge on any atom is -0.444 e. The minimum absolute atomic E-state index is 0.144. The second-order valence-electron chi connectivity index (χ2n) is 8.49. The molecule has 0 saturated carbocycles. The van der Waals surface area contributed by atoms with Gasteiger partial charge in [-0.15, -0.1) is 0 Å². The van der Waals surface area contributed by atoms with Gasteiger partial charge in [-0.05, 0) is 58.1 Å². The molecular formula is C20H26N2O3. The zero-order chi connectivity index (χ0) is 17.8. The number of carbonyl (C=O) groups is 2. The molecule has 3 aliphatic heterocycles. The Balaban J connectivity index is 1.48. The summed E-state index contributed by atoms with van der Waals surface area (Å²) >= 11 is 0. The molecule has 4 rings (SSSR count). The van der Waals surface area contributed by atoms with Gasteiger partial charge in [0.2, 0.25) is 0 Å². The third-order valence-electron chi connectivity index (χ3n) is 5.60. The number of piperidine rings is 1. The second-order valence-corrected chi connectivity index (χ2v) is 8.49. The topological polar surface area (TPSA) is 49.9 Å². The Morgan fingerprint density at radius 3 is 2.32 bits per heavy atom. The number of amides is 2. The van der Waals surface area contributed by atoms with E-state index in [1.807, 2.05) is 54.8 Å². The van der Waals surface area contributed by atoms with Gasteiger partial charge < -0.3 is 14.5 Å². The number of nitrogens with zero attached hydrogens (tertiary/aromatic N) is 2. The second kappa shape index (κ2) is 5.75. The van der Waals surface area contributed by atoms with Crippen molar-refractivity contribution in [3.8, 4) is 0 Å². The Labute approximate surface area is 148 Å². The normalized spacial score (nSPS) is 28.3. The van der Waals surface area contributed by atoms with Crippen molar-refractivity contribution in [2.24, 2.45) is 0 Å². The maximum absolute atomic E-state index is 12.8. The highest BCUT2D eigenvalue weighted by Gasteiger charge is 2.47. The number of ether oxygens (including phenoxy) is 1. The summed E-state index contributed by atoms with van der Waals surface area (Å²) in [6.07, 6.45) is 3.53. The molecule has 0 radical (unpaired) electrons. The summed E-state index contributed by atoms with van der Waals surface area (Å²) < 4.78 is 5.60. The molecule has 5 nitrogen and oxygen atoms in total. The predicted molar refractivity (Wildman–Crippen MR) is 94.2 cm³/mol. The standard InChI is InChI=1S/C20H26N2O3/c1-20(2,3)25-19(24)22-14-8-9-15(22)11-16(10-14)21-12-13-6-4-5-7-17(13)18(21)23/h4-7,14-16H,8-12H2,1-3H3/t14-,15+,16?. The maximum Gasteiger partial charge on any atom is 0.410 e. The molecule has 0 aliphatic carbocycles. The third-order valence-corrected chi connectivity index (χ3v) is 5.60. The van der Waals surface area contributed by atoms with Crippen molar-refractivity contribution >= 4 is 12.0 Å². The maximum atomic E-state index is 12.8. The Kier molecular flexibility index (Phi) is 3.78. The fraction of sp³-hybridized carbons (Fsp3) is 0.600. The summed E-state index contributed by atoms with van der Waals surface area (Å²) in [6.45, 7) is 6.41. The summed E-state index contributed by atoms with van der Waals surface area (Å²) in [6, 6.07) is 8.47. The van der Waals surface area contributed by atoms with Crippen LogP contribution in [0.3, 0.4) is 0 Å². The van der Waals surface area contributed by atoms with E-state index in [1.165, 1.54) is 0 Å². The van der Waals surface area contributed by atoms with Crippen molar-refractivity contribution in [1.29, 1.82) is 0 Å². The fourth-order valence-corrected chi connectivity index (χ4v) is 4.59. The van der Waals surface area contributed by atoms with Crippen molar-refractivity contribution < 1.29 is 14.3 Å². The van der Waals surface area contributed by atoms with Crippen molar-refractivity contribution in [3.63, 3.8) is 0 Å². The average Bonchev–Trinajstić information content (AvgIpc) is 3.01. The SMILES string of the molecule is CC(C)(C)OC(=O)N1[C@@H]2CC[C@H]1CC(N1Cc3ccccc3C1=O)C2. The Morgan fingerprint density at radius 2 is 1.72 bits per heavy atom. The first-order valence-corrected chi connectivity index (χ1v) is 9.23. The first-order chi connectivity index (χ1) is 11.8. The molecule has 2 amide bonds. The van der Waals surface area contributed by atoms with Crippen LogP contribution in [0.4, 0.5) is 4.79 Å². The van der Waals surface area contributed by atoms with Crippen LogP contribution < -0.4 is 0 Å². The number of hydrogen-bond donors (Lipinski definition) is 0. The van der Waals surface area contributed by atoms with E-state index in [4.69, 9.17) is 4.74 Å². The molecule has 5 heteroatoms. The number of hydrogen-bond acceptors (Lipinski definition) is 3. The van der Waals surface area contributed by atoms with Gasteiger partial charge in [0.05, 0.1) is 0 Å². The quantitative estimate of drug-likeness (QED) is 0.784. The van der Waals surface area contributed by atoms with Gasteiger partial charge in [0.25, 0.3) is 5.91 Å². The van der Waals surface area contributed by atoms with E-state index >= 15 is 0 Å². The molecule has 2 saturated heterocycles. The lowest BCUT2D eigenvalue weighted by Crippen LogP contribution is -2.53. The van der Waals surface area contributed by atoms with Gasteiger partial charge >= 0.3 is 6.09 Å². The monoisotopic (exact) mass is 342 g/mol. The van der Waals surface area contributed by atoms with Crippen LogP contribution in [-0.2, 0) is 11.3 Å². The molecule has 1 aromatic carbocycles. The van der Waals surface area contributed by atoms with Crippen molar-refractivity contribution in [3.05, 3.63) is 35.4 Å². The van der Waals surface area contributed by atoms with Gasteiger partial charge in [0.1, 0.15) is 5.60 Å². The summed E-state index contributed by atoms with van der Waals surface area (Å²) in [5, 5.41) is 0. The van der Waals surface area contributed by atoms with E-state index in [2.05, 4.69) is 0 Å². The van der Waals surface area contributed by atoms with Gasteiger partial charge in [-0.3, -0.25) is 4.79 Å². The Morgan fingerprint density at radius 1 is 1.08 bits per heavy atom. The lowest BCUT2D eigenvalue weighted by molar-refractivity contribution is -0.00272. The van der Waals surface area contributed by atoms with Crippen LogP contribution in [0, 0.1) is 0 Å². The molecule has 1 aromatic rings. The van der Waals surface area contributed by atoms with Crippen molar-refractivity contribution in [1.82, 2.24) is 9.80 Å². The lowest BCUT2D eigenvalue weighted by Gasteiger charge is -2.42. The molecule has 134 valence electrons. The number of fused-ring (bicyclic) bond motifs is 3. The summed E-state index contributed by atoms with van der Waals surface area (Å²) in [5.41, 5.74) is 1.48. The van der Waals surface area contributed by atoms with Crippen LogP contribution in [-0.4, -0.2) is 45.5 Å². The van der Waals surface area contributed by atoms with Crippen molar-refractivity contribution in [2.75, 3.05) is 0 Å². The Hall–Kier alpha value is -2.04. The van der Waals surface area contributed by atoms with E-state index in [-0.39, 0.29) is 30.1 Å². The van der Waals surface area contributed by atoms with E-state index in [9.17, 15) is 9.59 Å². The fourth-order valence-electron chi connectivity index (χ4n) is 4.59. The molecule has 2 bridgehead atoms. The summed E-state index contributed by atoms with van der Waals surface area (Å²) in [4.78, 5) is 29.3. The molecule has 3 heterocycles. The summed E-state index contributed by atoms with van der Waals surface area (Å²) in [7, 11) is 0. The zero-order valence-corrected chi connectivity index (χ0v) is 15.2. The largest absolute Gasteiger partial charge is 0.444 e. The third kappa shape index (κ3) is 2.90. The van der Waals surface area contributed by atoms with E-state index in [1.54, 1.807) is 0 Å². The van der Waals surface area contributed by atoms with Crippen LogP contribution in [0.25, 0.3) is 0 Å². The van der Waals surface area contributed by atoms with Crippen LogP contribution >= 0.6 is 0 Å². The number of rotatable bonds is 1. The number of carbonyl (C=O) groups excluding carboxylic acids is 2. The van der Waals surface area contributed by atoms with Crippen molar-refractivity contribution in [2.45, 2.75) is 76.7 Å². The predicted octanol–water partition coefficient (Wildman–Crippen LogP) is 3.57. The van der Waals surface area contributed by atoms with Crippen LogP contribution in [0.15, 0.2) is 24.3 Å². The minimum atomic E-state index is -0.472. The molecule has 1 unspecified atom stereocenters. The highest BCUT2D eigenvalue weighted by atomic mass is 16.6. The van der Waals surface area contributed by atoms with E-state index in [0.29, 0.717) is 6.54 Å². The first-order valence-electron chi connectivity index (χ1n) is 9.23. The van der Waals surface area contributed by atoms with Crippen LogP contribution in [0.5, 0.6) is 0 Å². The highest BCUT2D eigenvalue weighted by Crippen LogP contribution is 2.40. The molecule has 3 atom stereocenters. The zero-order valence-electron chi connectivity index (χ0n) is 15.2. The molecular weight excluding hydrogens is 316 g/mol. The highest BCUT2D eigenvalue weighted by molar-refractivity contribution is 5.98. The molecule has 3 aliphatic rings. The van der Waals surface area contributed by atoms with Gasteiger partial charge in [-0.2, -0.15) is 0 Å². The van der Waals surface area contributed by atoms with Gasteiger partial charge in [-0.25, -0.2) is 4.79 Å². The molecule has 0 aromatic heterocycles. The first kappa shape index (κ1) is 16.4.